The maximum absolute atomic E-state index is 13.5. The average molecular weight is 452 g/mol. The molecule has 0 saturated carbocycles. The summed E-state index contributed by atoms with van der Waals surface area (Å²) in [4.78, 5) is 33.8. The maximum Gasteiger partial charge on any atom is 0.416 e. The highest BCUT2D eigenvalue weighted by Crippen LogP contribution is 2.48. The number of aryl methyl sites for hydroxylation is 1. The Hall–Kier alpha value is -3.65. The summed E-state index contributed by atoms with van der Waals surface area (Å²) in [5, 5.41) is 1.38. The van der Waals surface area contributed by atoms with Crippen molar-refractivity contribution in [1.82, 2.24) is 0 Å². The van der Waals surface area contributed by atoms with E-state index < -0.39 is 41.6 Å². The van der Waals surface area contributed by atoms with E-state index in [-0.39, 0.29) is 5.56 Å². The minimum atomic E-state index is -4.55. The van der Waals surface area contributed by atoms with E-state index in [4.69, 9.17) is 4.84 Å². The molecular formula is C25H19F3N2O3. The van der Waals surface area contributed by atoms with Gasteiger partial charge in [-0.1, -0.05) is 48.0 Å². The number of amides is 2. The predicted molar refractivity (Wildman–Crippen MR) is 115 cm³/mol. The van der Waals surface area contributed by atoms with Crippen molar-refractivity contribution in [3.05, 3.63) is 95.6 Å². The summed E-state index contributed by atoms with van der Waals surface area (Å²) < 4.78 is 40.3. The topological polar surface area (TPSA) is 49.9 Å². The van der Waals surface area contributed by atoms with E-state index in [0.717, 1.165) is 22.6 Å². The third-order valence-electron chi connectivity index (χ3n) is 5.97. The molecule has 0 unspecified atom stereocenters. The number of carbonyl (C=O) groups is 2. The number of para-hydroxylation sites is 1. The lowest BCUT2D eigenvalue weighted by atomic mass is 9.89. The smallest absolute Gasteiger partial charge is 0.273 e. The molecular weight excluding hydrogens is 433 g/mol. The highest BCUT2D eigenvalue weighted by molar-refractivity contribution is 6.23. The Morgan fingerprint density at radius 3 is 2.18 bits per heavy atom. The predicted octanol–water partition coefficient (Wildman–Crippen LogP) is 5.06. The monoisotopic (exact) mass is 452 g/mol. The average Bonchev–Trinajstić information content (AvgIpc) is 3.31. The van der Waals surface area contributed by atoms with E-state index in [9.17, 15) is 22.8 Å². The first-order valence-electron chi connectivity index (χ1n) is 10.4. The lowest BCUT2D eigenvalue weighted by molar-refractivity contribution is -0.137. The summed E-state index contributed by atoms with van der Waals surface area (Å²) in [5.41, 5.74) is 1.32. The molecule has 0 radical (unpaired) electrons. The summed E-state index contributed by atoms with van der Waals surface area (Å²) >= 11 is 0. The van der Waals surface area contributed by atoms with Gasteiger partial charge in [0.2, 0.25) is 5.91 Å². The number of nitrogens with zero attached hydrogens (tertiary/aromatic N) is 2. The van der Waals surface area contributed by atoms with Crippen LogP contribution < -0.4 is 9.96 Å². The van der Waals surface area contributed by atoms with Crippen molar-refractivity contribution in [2.24, 2.45) is 5.92 Å². The van der Waals surface area contributed by atoms with Crippen LogP contribution >= 0.6 is 0 Å². The van der Waals surface area contributed by atoms with Crippen LogP contribution in [0.5, 0.6) is 0 Å². The van der Waals surface area contributed by atoms with Crippen LogP contribution in [0.4, 0.5) is 24.5 Å². The molecule has 0 N–H and O–H groups in total. The number of anilines is 2. The molecule has 3 atom stereocenters. The molecule has 2 aliphatic rings. The standard InChI is InChI=1S/C25H19F3N2O3/c1-15-10-12-18(13-11-15)29-23(31)20-21(16-6-5-7-17(14-16)25(26,27)28)30(33-22(20)24(29)32)19-8-3-2-4-9-19/h2-14,20-22H,1H3/t20-,21+,22-/m0/s1. The van der Waals surface area contributed by atoms with Gasteiger partial charge in [-0.25, -0.2) is 9.96 Å². The largest absolute Gasteiger partial charge is 0.416 e. The van der Waals surface area contributed by atoms with Gasteiger partial charge in [0.15, 0.2) is 6.10 Å². The molecule has 0 aromatic heterocycles. The Labute approximate surface area is 187 Å². The fourth-order valence-corrected chi connectivity index (χ4v) is 4.40. The number of rotatable bonds is 3. The summed E-state index contributed by atoms with van der Waals surface area (Å²) in [7, 11) is 0. The molecule has 2 amide bonds. The number of carbonyl (C=O) groups excluding carboxylic acids is 2. The number of hydrogen-bond acceptors (Lipinski definition) is 4. The Morgan fingerprint density at radius 2 is 1.52 bits per heavy atom. The number of hydroxylamine groups is 1. The molecule has 5 rings (SSSR count). The van der Waals surface area contributed by atoms with E-state index in [1.165, 1.54) is 17.2 Å². The van der Waals surface area contributed by atoms with E-state index in [2.05, 4.69) is 0 Å². The van der Waals surface area contributed by atoms with Gasteiger partial charge in [-0.05, 0) is 48.9 Å². The molecule has 5 nitrogen and oxygen atoms in total. The number of halogens is 3. The summed E-state index contributed by atoms with van der Waals surface area (Å²) in [6.07, 6.45) is -5.69. The number of fused-ring (bicyclic) bond motifs is 1. The first kappa shape index (κ1) is 21.2. The number of imide groups is 1. The van der Waals surface area contributed by atoms with Gasteiger partial charge in [0, 0.05) is 0 Å². The van der Waals surface area contributed by atoms with Gasteiger partial charge in [-0.15, -0.1) is 0 Å². The second-order valence-corrected chi connectivity index (χ2v) is 8.13. The quantitative estimate of drug-likeness (QED) is 0.521. The Bertz CT molecular complexity index is 1210. The van der Waals surface area contributed by atoms with Gasteiger partial charge in [-0.2, -0.15) is 13.2 Å². The van der Waals surface area contributed by atoms with Gasteiger partial charge in [0.05, 0.1) is 23.0 Å². The van der Waals surface area contributed by atoms with Gasteiger partial charge < -0.3 is 0 Å². The van der Waals surface area contributed by atoms with Crippen molar-refractivity contribution >= 4 is 23.2 Å². The Morgan fingerprint density at radius 1 is 0.818 bits per heavy atom. The molecule has 168 valence electrons. The fourth-order valence-electron chi connectivity index (χ4n) is 4.40. The van der Waals surface area contributed by atoms with Crippen molar-refractivity contribution in [3.8, 4) is 0 Å². The minimum Gasteiger partial charge on any atom is -0.273 e. The zero-order valence-corrected chi connectivity index (χ0v) is 17.5. The lowest BCUT2D eigenvalue weighted by Gasteiger charge is -2.29. The molecule has 0 bridgehead atoms. The van der Waals surface area contributed by atoms with Crippen LogP contribution in [0.25, 0.3) is 0 Å². The minimum absolute atomic E-state index is 0.244. The van der Waals surface area contributed by atoms with Crippen LogP contribution in [0.1, 0.15) is 22.7 Å². The lowest BCUT2D eigenvalue weighted by Crippen LogP contribution is -2.37. The van der Waals surface area contributed by atoms with Gasteiger partial charge in [0.1, 0.15) is 5.92 Å². The van der Waals surface area contributed by atoms with Crippen LogP contribution in [0.15, 0.2) is 78.9 Å². The van der Waals surface area contributed by atoms with Crippen molar-refractivity contribution in [3.63, 3.8) is 0 Å². The van der Waals surface area contributed by atoms with Gasteiger partial charge in [0.25, 0.3) is 5.91 Å². The third kappa shape index (κ3) is 3.56. The van der Waals surface area contributed by atoms with Crippen LogP contribution in [-0.2, 0) is 20.6 Å². The third-order valence-corrected chi connectivity index (χ3v) is 5.97. The molecule has 2 saturated heterocycles. The summed E-state index contributed by atoms with van der Waals surface area (Å²) in [6, 6.07) is 19.5. The van der Waals surface area contributed by atoms with Crippen molar-refractivity contribution in [2.75, 3.05) is 9.96 Å². The zero-order valence-electron chi connectivity index (χ0n) is 17.5. The Kier molecular flexibility index (Phi) is 4.97. The van der Waals surface area contributed by atoms with E-state index >= 15 is 0 Å². The van der Waals surface area contributed by atoms with Crippen molar-refractivity contribution in [2.45, 2.75) is 25.2 Å². The highest BCUT2D eigenvalue weighted by atomic mass is 19.4. The van der Waals surface area contributed by atoms with Crippen LogP contribution in [-0.4, -0.2) is 17.9 Å². The first-order valence-corrected chi connectivity index (χ1v) is 10.4. The molecule has 0 aliphatic carbocycles. The normalized spacial score (nSPS) is 22.7. The second kappa shape index (κ2) is 7.74. The molecule has 3 aromatic carbocycles. The van der Waals surface area contributed by atoms with Crippen molar-refractivity contribution < 1.29 is 27.6 Å². The summed E-state index contributed by atoms with van der Waals surface area (Å²) in [5.74, 6) is -2.04. The van der Waals surface area contributed by atoms with Crippen molar-refractivity contribution in [1.29, 1.82) is 0 Å². The van der Waals surface area contributed by atoms with Gasteiger partial charge >= 0.3 is 6.18 Å². The van der Waals surface area contributed by atoms with Crippen LogP contribution in [0.2, 0.25) is 0 Å². The van der Waals surface area contributed by atoms with E-state index in [1.54, 1.807) is 54.6 Å². The maximum atomic E-state index is 13.5. The molecule has 3 aromatic rings. The number of benzene rings is 3. The molecule has 0 spiro atoms. The van der Waals surface area contributed by atoms with E-state index in [0.29, 0.717) is 11.4 Å². The molecule has 2 aliphatic heterocycles. The zero-order chi connectivity index (χ0) is 23.3. The molecule has 2 fully saturated rings. The van der Waals surface area contributed by atoms with E-state index in [1.807, 2.05) is 6.92 Å². The fraction of sp³-hybridized carbons (Fsp3) is 0.200. The van der Waals surface area contributed by atoms with Crippen LogP contribution in [0, 0.1) is 12.8 Å². The SMILES string of the molecule is Cc1ccc(N2C(=O)[C@@H]3[C@H](ON(c4ccccc4)[C@@H]3c3cccc(C(F)(F)F)c3)C2=O)cc1. The molecule has 8 heteroatoms. The number of alkyl halides is 3. The van der Waals surface area contributed by atoms with Crippen LogP contribution in [0.3, 0.4) is 0 Å². The second-order valence-electron chi connectivity index (χ2n) is 8.13. The summed E-state index contributed by atoms with van der Waals surface area (Å²) in [6.45, 7) is 1.89. The first-order chi connectivity index (χ1) is 15.8. The molecule has 2 heterocycles. The highest BCUT2D eigenvalue weighted by Gasteiger charge is 2.60. The number of hydrogen-bond donors (Lipinski definition) is 0. The molecule has 33 heavy (non-hydrogen) atoms. The Balaban J connectivity index is 1.60. The van der Waals surface area contributed by atoms with Gasteiger partial charge in [-0.3, -0.25) is 14.4 Å².